The van der Waals surface area contributed by atoms with Crippen molar-refractivity contribution in [1.82, 2.24) is 5.32 Å². The maximum absolute atomic E-state index is 12.2. The van der Waals surface area contributed by atoms with Crippen molar-refractivity contribution in [2.24, 2.45) is 0 Å². The minimum Gasteiger partial charge on any atom is -0.397 e. The first-order valence-corrected chi connectivity index (χ1v) is 10.1. The van der Waals surface area contributed by atoms with E-state index in [4.69, 9.17) is 22.1 Å². The number of aliphatic hydroxyl groups is 1. The second kappa shape index (κ2) is 10.0. The highest BCUT2D eigenvalue weighted by Crippen LogP contribution is 2.27. The number of rotatable bonds is 7. The van der Waals surface area contributed by atoms with Crippen molar-refractivity contribution in [2.75, 3.05) is 48.8 Å². The molecule has 0 aliphatic carbocycles. The molecule has 2 amide bonds. The van der Waals surface area contributed by atoms with Gasteiger partial charge in [0, 0.05) is 30.2 Å². The highest BCUT2D eigenvalue weighted by atomic mass is 35.5. The van der Waals surface area contributed by atoms with E-state index in [0.29, 0.717) is 45.7 Å². The van der Waals surface area contributed by atoms with Crippen LogP contribution in [0.3, 0.4) is 0 Å². The van der Waals surface area contributed by atoms with E-state index in [9.17, 15) is 14.7 Å². The number of amides is 2. The molecule has 5 N–H and O–H groups in total. The Labute approximate surface area is 184 Å². The molecule has 0 radical (unpaired) electrons. The second-order valence-electron chi connectivity index (χ2n) is 6.75. The van der Waals surface area contributed by atoms with Crippen molar-refractivity contribution < 1.29 is 19.4 Å². The van der Waals surface area contributed by atoms with Gasteiger partial charge in [-0.1, -0.05) is 17.7 Å². The SMILES string of the molecule is Nc1cc(NCC(O)CNC(=O)c2cccc(Cl)c2S)ccc1N1CCOCC1=O. The summed E-state index contributed by atoms with van der Waals surface area (Å²) in [4.78, 5) is 26.2. The zero-order chi connectivity index (χ0) is 21.7. The van der Waals surface area contributed by atoms with E-state index in [1.807, 2.05) is 0 Å². The minimum absolute atomic E-state index is 0.0429. The highest BCUT2D eigenvalue weighted by molar-refractivity contribution is 7.80. The predicted molar refractivity (Wildman–Crippen MR) is 120 cm³/mol. The fourth-order valence-corrected chi connectivity index (χ4v) is 3.42. The normalized spacial score (nSPS) is 15.0. The van der Waals surface area contributed by atoms with Gasteiger partial charge in [-0.15, -0.1) is 12.6 Å². The molecule has 0 saturated carbocycles. The van der Waals surface area contributed by atoms with Crippen molar-refractivity contribution in [3.05, 3.63) is 47.0 Å². The summed E-state index contributed by atoms with van der Waals surface area (Å²) in [5.41, 5.74) is 8.20. The van der Waals surface area contributed by atoms with E-state index < -0.39 is 6.10 Å². The Morgan fingerprint density at radius 3 is 2.87 bits per heavy atom. The molecule has 2 aromatic carbocycles. The summed E-state index contributed by atoms with van der Waals surface area (Å²) < 4.78 is 5.13. The molecule has 10 heteroatoms. The van der Waals surface area contributed by atoms with Crippen LogP contribution in [0.25, 0.3) is 0 Å². The number of benzene rings is 2. The van der Waals surface area contributed by atoms with Gasteiger partial charge >= 0.3 is 0 Å². The van der Waals surface area contributed by atoms with Gasteiger partial charge in [0.15, 0.2) is 0 Å². The van der Waals surface area contributed by atoms with Crippen LogP contribution >= 0.6 is 24.2 Å². The third-order valence-corrected chi connectivity index (χ3v) is 5.50. The molecule has 2 aromatic rings. The lowest BCUT2D eigenvalue weighted by molar-refractivity contribution is -0.125. The van der Waals surface area contributed by atoms with Crippen molar-refractivity contribution in [2.45, 2.75) is 11.0 Å². The fraction of sp³-hybridized carbons (Fsp3) is 0.300. The summed E-state index contributed by atoms with van der Waals surface area (Å²) in [5, 5.41) is 16.3. The van der Waals surface area contributed by atoms with Crippen LogP contribution in [0.15, 0.2) is 41.3 Å². The molecular formula is C20H23ClN4O4S. The van der Waals surface area contributed by atoms with Crippen LogP contribution < -0.4 is 21.3 Å². The quantitative estimate of drug-likeness (QED) is 0.324. The average Bonchev–Trinajstić information content (AvgIpc) is 2.73. The van der Waals surface area contributed by atoms with Gasteiger partial charge in [0.2, 0.25) is 0 Å². The van der Waals surface area contributed by atoms with Gasteiger partial charge in [0.25, 0.3) is 11.8 Å². The van der Waals surface area contributed by atoms with Crippen LogP contribution in [0.5, 0.6) is 0 Å². The Hall–Kier alpha value is -2.46. The van der Waals surface area contributed by atoms with Crippen LogP contribution in [0.2, 0.25) is 5.02 Å². The summed E-state index contributed by atoms with van der Waals surface area (Å²) >= 11 is 10.2. The summed E-state index contributed by atoms with van der Waals surface area (Å²) in [6.07, 6.45) is -0.835. The number of hydrogen-bond donors (Lipinski definition) is 5. The van der Waals surface area contributed by atoms with Gasteiger partial charge in [-0.2, -0.15) is 0 Å². The molecule has 1 atom stereocenters. The molecule has 1 aliphatic rings. The number of morpholine rings is 1. The molecule has 8 nitrogen and oxygen atoms in total. The summed E-state index contributed by atoms with van der Waals surface area (Å²) in [6.45, 7) is 1.20. The van der Waals surface area contributed by atoms with Crippen LogP contribution in [0.1, 0.15) is 10.4 Å². The number of ether oxygens (including phenoxy) is 1. The van der Waals surface area contributed by atoms with Crippen LogP contribution in [0, 0.1) is 0 Å². The molecule has 0 spiro atoms. The van der Waals surface area contributed by atoms with Gasteiger partial charge in [-0.05, 0) is 30.3 Å². The van der Waals surface area contributed by atoms with Gasteiger partial charge in [0.1, 0.15) is 6.61 Å². The fourth-order valence-electron chi connectivity index (χ4n) is 3.00. The zero-order valence-electron chi connectivity index (χ0n) is 16.1. The molecule has 3 rings (SSSR count). The maximum atomic E-state index is 12.2. The topological polar surface area (TPSA) is 117 Å². The lowest BCUT2D eigenvalue weighted by Gasteiger charge is -2.28. The molecule has 160 valence electrons. The molecule has 1 saturated heterocycles. The van der Waals surface area contributed by atoms with E-state index >= 15 is 0 Å². The number of hydrogen-bond acceptors (Lipinski definition) is 7. The smallest absolute Gasteiger partial charge is 0.253 e. The predicted octanol–water partition coefficient (Wildman–Crippen LogP) is 1.78. The summed E-state index contributed by atoms with van der Waals surface area (Å²) in [7, 11) is 0. The first-order valence-electron chi connectivity index (χ1n) is 9.32. The Morgan fingerprint density at radius 2 is 2.13 bits per heavy atom. The second-order valence-corrected chi connectivity index (χ2v) is 7.61. The van der Waals surface area contributed by atoms with Gasteiger partial charge < -0.3 is 31.1 Å². The number of nitrogen functional groups attached to an aromatic ring is 1. The largest absolute Gasteiger partial charge is 0.397 e. The molecule has 0 bridgehead atoms. The van der Waals surface area contributed by atoms with E-state index in [0.717, 1.165) is 0 Å². The lowest BCUT2D eigenvalue weighted by Crippen LogP contribution is -2.42. The first-order chi connectivity index (χ1) is 14.4. The van der Waals surface area contributed by atoms with Crippen molar-refractivity contribution in [1.29, 1.82) is 0 Å². The Balaban J connectivity index is 1.51. The lowest BCUT2D eigenvalue weighted by atomic mass is 10.2. The minimum atomic E-state index is -0.835. The molecule has 1 unspecified atom stereocenters. The monoisotopic (exact) mass is 450 g/mol. The number of carbonyl (C=O) groups is 2. The number of halogens is 1. The Morgan fingerprint density at radius 1 is 1.33 bits per heavy atom. The third kappa shape index (κ3) is 5.37. The standard InChI is InChI=1S/C20H23ClN4O4S/c21-15-3-1-2-14(19(15)30)20(28)24-10-13(26)9-23-12-4-5-17(16(22)8-12)25-6-7-29-11-18(25)27/h1-5,8,13,23,26,30H,6-7,9-11,22H2,(H,24,28). The number of nitrogens with two attached hydrogens (primary N) is 1. The molecule has 0 aromatic heterocycles. The van der Waals surface area contributed by atoms with Crippen molar-refractivity contribution >= 4 is 53.1 Å². The van der Waals surface area contributed by atoms with E-state index in [1.54, 1.807) is 41.3 Å². The number of nitrogens with zero attached hydrogens (tertiary/aromatic N) is 1. The molecule has 1 heterocycles. The van der Waals surface area contributed by atoms with Crippen molar-refractivity contribution in [3.63, 3.8) is 0 Å². The summed E-state index contributed by atoms with van der Waals surface area (Å²) in [6, 6.07) is 10.1. The molecule has 1 aliphatic heterocycles. The van der Waals surface area contributed by atoms with Crippen molar-refractivity contribution in [3.8, 4) is 0 Å². The maximum Gasteiger partial charge on any atom is 0.253 e. The first kappa shape index (κ1) is 22.2. The number of thiol groups is 1. The van der Waals surface area contributed by atoms with Gasteiger partial charge in [-0.25, -0.2) is 0 Å². The molecular weight excluding hydrogens is 428 g/mol. The van der Waals surface area contributed by atoms with Gasteiger partial charge in [-0.3, -0.25) is 9.59 Å². The highest BCUT2D eigenvalue weighted by Gasteiger charge is 2.22. The Bertz CT molecular complexity index is 943. The summed E-state index contributed by atoms with van der Waals surface area (Å²) in [5.74, 6) is -0.505. The van der Waals surface area contributed by atoms with E-state index in [1.165, 1.54) is 0 Å². The van der Waals surface area contributed by atoms with E-state index in [-0.39, 0.29) is 31.5 Å². The average molecular weight is 451 g/mol. The number of carbonyl (C=O) groups excluding carboxylic acids is 2. The molecule has 1 fully saturated rings. The number of aliphatic hydroxyl groups excluding tert-OH is 1. The van der Waals surface area contributed by atoms with E-state index in [2.05, 4.69) is 23.3 Å². The number of anilines is 3. The Kier molecular flexibility index (Phi) is 7.43. The van der Waals surface area contributed by atoms with Gasteiger partial charge in [0.05, 0.1) is 34.7 Å². The van der Waals surface area contributed by atoms with Crippen LogP contribution in [0.4, 0.5) is 17.1 Å². The third-order valence-electron chi connectivity index (χ3n) is 4.58. The zero-order valence-corrected chi connectivity index (χ0v) is 17.7. The van der Waals surface area contributed by atoms with Crippen LogP contribution in [-0.2, 0) is 9.53 Å². The van der Waals surface area contributed by atoms with Crippen LogP contribution in [-0.4, -0.2) is 55.9 Å². The number of nitrogens with one attached hydrogen (secondary N) is 2. The molecule has 30 heavy (non-hydrogen) atoms.